The predicted octanol–water partition coefficient (Wildman–Crippen LogP) is 1.17. The fraction of sp³-hybridized carbons (Fsp3) is 0.357. The average molecular weight is 302 g/mol. The van der Waals surface area contributed by atoms with Crippen LogP contribution in [-0.2, 0) is 6.54 Å². The summed E-state index contributed by atoms with van der Waals surface area (Å²) in [5, 5.41) is 2.06. The van der Waals surface area contributed by atoms with E-state index in [2.05, 4.69) is 36.2 Å². The summed E-state index contributed by atoms with van der Waals surface area (Å²) in [4.78, 5) is 18.5. The molecule has 3 heterocycles. The van der Waals surface area contributed by atoms with Gasteiger partial charge >= 0.3 is 0 Å². The molecule has 21 heavy (non-hydrogen) atoms. The van der Waals surface area contributed by atoms with Crippen LogP contribution < -0.4 is 10.6 Å². The summed E-state index contributed by atoms with van der Waals surface area (Å²) in [6.07, 6.45) is 3.54. The van der Waals surface area contributed by atoms with E-state index >= 15 is 0 Å². The third kappa shape index (κ3) is 3.49. The van der Waals surface area contributed by atoms with Crippen LogP contribution in [0.15, 0.2) is 41.0 Å². The number of aromatic nitrogens is 2. The molecule has 1 saturated heterocycles. The fourth-order valence-corrected chi connectivity index (χ4v) is 2.88. The highest BCUT2D eigenvalue weighted by molar-refractivity contribution is 7.09. The van der Waals surface area contributed by atoms with Crippen LogP contribution in [0.1, 0.15) is 4.88 Å². The second-order valence-electron chi connectivity index (χ2n) is 4.78. The molecule has 2 aromatic heterocycles. The fourth-order valence-electron chi connectivity index (χ4n) is 2.25. The molecule has 1 aliphatic rings. The molecule has 0 radical (unpaired) electrons. The second-order valence-corrected chi connectivity index (χ2v) is 5.81. The van der Waals surface area contributed by atoms with E-state index in [0.29, 0.717) is 12.5 Å². The first-order valence-electron chi connectivity index (χ1n) is 6.92. The van der Waals surface area contributed by atoms with Crippen LogP contribution in [0, 0.1) is 0 Å². The van der Waals surface area contributed by atoms with Gasteiger partial charge in [0, 0.05) is 43.4 Å². The minimum absolute atomic E-state index is 0.622. The summed E-state index contributed by atoms with van der Waals surface area (Å²) in [6, 6.07) is 5.94. The number of guanidine groups is 1. The van der Waals surface area contributed by atoms with Crippen LogP contribution in [-0.4, -0.2) is 47.0 Å². The van der Waals surface area contributed by atoms with Gasteiger partial charge in [-0.15, -0.1) is 11.3 Å². The van der Waals surface area contributed by atoms with Crippen LogP contribution in [0.5, 0.6) is 0 Å². The van der Waals surface area contributed by atoms with Crippen LogP contribution in [0.4, 0.5) is 5.95 Å². The molecule has 0 unspecified atom stereocenters. The Morgan fingerprint density at radius 2 is 1.95 bits per heavy atom. The van der Waals surface area contributed by atoms with Crippen molar-refractivity contribution < 1.29 is 0 Å². The molecule has 0 aliphatic carbocycles. The van der Waals surface area contributed by atoms with Gasteiger partial charge in [0.25, 0.3) is 0 Å². The Labute approximate surface area is 128 Å². The van der Waals surface area contributed by atoms with E-state index in [1.807, 2.05) is 12.1 Å². The molecular weight excluding hydrogens is 284 g/mol. The third-order valence-electron chi connectivity index (χ3n) is 3.42. The lowest BCUT2D eigenvalue weighted by molar-refractivity contribution is 0.378. The zero-order chi connectivity index (χ0) is 14.5. The first kappa shape index (κ1) is 13.8. The number of hydrogen-bond donors (Lipinski definition) is 1. The van der Waals surface area contributed by atoms with Gasteiger partial charge in [-0.05, 0) is 17.5 Å². The summed E-state index contributed by atoms with van der Waals surface area (Å²) in [6.45, 7) is 4.07. The number of hydrogen-bond acceptors (Lipinski definition) is 5. The molecule has 0 atom stereocenters. The Hall–Kier alpha value is -2.15. The van der Waals surface area contributed by atoms with E-state index in [1.54, 1.807) is 23.7 Å². The van der Waals surface area contributed by atoms with Crippen LogP contribution >= 0.6 is 11.3 Å². The Morgan fingerprint density at radius 3 is 2.62 bits per heavy atom. The van der Waals surface area contributed by atoms with E-state index in [-0.39, 0.29) is 0 Å². The molecule has 0 amide bonds. The van der Waals surface area contributed by atoms with E-state index in [1.165, 1.54) is 4.88 Å². The van der Waals surface area contributed by atoms with Crippen molar-refractivity contribution in [1.82, 2.24) is 14.9 Å². The highest BCUT2D eigenvalue weighted by Crippen LogP contribution is 2.11. The molecule has 110 valence electrons. The number of rotatable bonds is 3. The molecule has 3 rings (SSSR count). The Balaban J connectivity index is 1.54. The van der Waals surface area contributed by atoms with Crippen molar-refractivity contribution in [3.8, 4) is 0 Å². The van der Waals surface area contributed by atoms with E-state index in [0.717, 1.165) is 32.1 Å². The number of nitrogens with two attached hydrogens (primary N) is 1. The summed E-state index contributed by atoms with van der Waals surface area (Å²) in [5.41, 5.74) is 6.08. The van der Waals surface area contributed by atoms with Crippen molar-refractivity contribution in [2.24, 2.45) is 10.7 Å². The topological polar surface area (TPSA) is 70.6 Å². The lowest BCUT2D eigenvalue weighted by atomic mass is 10.3. The summed E-state index contributed by atoms with van der Waals surface area (Å²) in [5.74, 6) is 1.41. The molecular formula is C14H18N6S. The summed E-state index contributed by atoms with van der Waals surface area (Å²) in [7, 11) is 0. The van der Waals surface area contributed by atoms with Crippen molar-refractivity contribution in [2.75, 3.05) is 31.1 Å². The smallest absolute Gasteiger partial charge is 0.225 e. The van der Waals surface area contributed by atoms with Gasteiger partial charge < -0.3 is 15.5 Å². The van der Waals surface area contributed by atoms with Crippen molar-refractivity contribution in [2.45, 2.75) is 6.54 Å². The van der Waals surface area contributed by atoms with Gasteiger partial charge in [0.15, 0.2) is 5.96 Å². The third-order valence-corrected chi connectivity index (χ3v) is 4.28. The highest BCUT2D eigenvalue weighted by atomic mass is 32.1. The molecule has 0 spiro atoms. The Bertz CT molecular complexity index is 575. The Morgan fingerprint density at radius 1 is 1.19 bits per heavy atom. The average Bonchev–Trinajstić information content (AvgIpc) is 3.07. The van der Waals surface area contributed by atoms with Gasteiger partial charge in [-0.3, -0.25) is 0 Å². The maximum absolute atomic E-state index is 6.08. The van der Waals surface area contributed by atoms with Crippen molar-refractivity contribution in [3.63, 3.8) is 0 Å². The minimum Gasteiger partial charge on any atom is -0.370 e. The van der Waals surface area contributed by atoms with Gasteiger partial charge in [-0.2, -0.15) is 0 Å². The van der Waals surface area contributed by atoms with Crippen LogP contribution in [0.2, 0.25) is 0 Å². The molecule has 1 fully saturated rings. The highest BCUT2D eigenvalue weighted by Gasteiger charge is 2.19. The number of nitrogens with zero attached hydrogens (tertiary/aromatic N) is 5. The van der Waals surface area contributed by atoms with Gasteiger partial charge in [-0.25, -0.2) is 15.0 Å². The summed E-state index contributed by atoms with van der Waals surface area (Å²) >= 11 is 1.70. The first-order valence-corrected chi connectivity index (χ1v) is 7.80. The lowest BCUT2D eigenvalue weighted by Gasteiger charge is -2.35. The maximum Gasteiger partial charge on any atom is 0.225 e. The number of aliphatic imine (C=N–C) groups is 1. The Kier molecular flexibility index (Phi) is 4.30. The van der Waals surface area contributed by atoms with Gasteiger partial charge in [0.05, 0.1) is 6.54 Å². The molecule has 6 nitrogen and oxygen atoms in total. The molecule has 0 bridgehead atoms. The standard InChI is InChI=1S/C14H18N6S/c15-13(18-11-12-3-1-10-21-12)19-6-8-20(9-7-19)14-16-4-2-5-17-14/h1-5,10H,6-9,11H2,(H2,15,18). The zero-order valence-corrected chi connectivity index (χ0v) is 12.5. The number of piperazine rings is 1. The lowest BCUT2D eigenvalue weighted by Crippen LogP contribution is -2.51. The molecule has 0 aromatic carbocycles. The predicted molar refractivity (Wildman–Crippen MR) is 85.5 cm³/mol. The normalized spacial score (nSPS) is 16.3. The molecule has 7 heteroatoms. The van der Waals surface area contributed by atoms with E-state index in [9.17, 15) is 0 Å². The molecule has 2 N–H and O–H groups in total. The minimum atomic E-state index is 0.622. The van der Waals surface area contributed by atoms with Crippen molar-refractivity contribution in [3.05, 3.63) is 40.8 Å². The van der Waals surface area contributed by atoms with Crippen LogP contribution in [0.25, 0.3) is 0 Å². The maximum atomic E-state index is 6.08. The number of anilines is 1. The number of thiophene rings is 1. The summed E-state index contributed by atoms with van der Waals surface area (Å²) < 4.78 is 0. The molecule has 1 aliphatic heterocycles. The van der Waals surface area contributed by atoms with E-state index < -0.39 is 0 Å². The largest absolute Gasteiger partial charge is 0.370 e. The monoisotopic (exact) mass is 302 g/mol. The van der Waals surface area contributed by atoms with E-state index in [4.69, 9.17) is 5.73 Å². The molecule has 0 saturated carbocycles. The van der Waals surface area contributed by atoms with Gasteiger partial charge in [0.2, 0.25) is 5.95 Å². The van der Waals surface area contributed by atoms with Crippen LogP contribution in [0.3, 0.4) is 0 Å². The van der Waals surface area contributed by atoms with Gasteiger partial charge in [0.1, 0.15) is 0 Å². The first-order chi connectivity index (χ1) is 10.3. The SMILES string of the molecule is NC(=NCc1cccs1)N1CCN(c2ncccn2)CC1. The molecule has 2 aromatic rings. The quantitative estimate of drug-likeness (QED) is 0.681. The second kappa shape index (κ2) is 6.53. The van der Waals surface area contributed by atoms with Crippen molar-refractivity contribution in [1.29, 1.82) is 0 Å². The van der Waals surface area contributed by atoms with Gasteiger partial charge in [-0.1, -0.05) is 6.07 Å². The zero-order valence-electron chi connectivity index (χ0n) is 11.7. The van der Waals surface area contributed by atoms with Crippen molar-refractivity contribution >= 4 is 23.2 Å².